The predicted molar refractivity (Wildman–Crippen MR) is 130 cm³/mol. The van der Waals surface area contributed by atoms with Crippen LogP contribution in [0.1, 0.15) is 21.6 Å². The zero-order valence-electron chi connectivity index (χ0n) is 19.3. The van der Waals surface area contributed by atoms with Gasteiger partial charge < -0.3 is 14.7 Å². The molecule has 1 saturated heterocycles. The number of nitrogens with zero attached hydrogens (tertiary/aromatic N) is 3. The van der Waals surface area contributed by atoms with Crippen LogP contribution < -0.4 is 4.74 Å². The zero-order chi connectivity index (χ0) is 26.2. The summed E-state index contributed by atoms with van der Waals surface area (Å²) in [6, 6.07) is 17.3. The van der Waals surface area contributed by atoms with Crippen molar-refractivity contribution >= 4 is 26.6 Å². The Balaban J connectivity index is 1.28. The lowest BCUT2D eigenvalue weighted by Gasteiger charge is -2.46. The Morgan fingerprint density at radius 2 is 1.68 bits per heavy atom. The van der Waals surface area contributed by atoms with Crippen molar-refractivity contribution in [3.63, 3.8) is 0 Å². The van der Waals surface area contributed by atoms with Crippen LogP contribution in [0.4, 0.5) is 8.78 Å². The van der Waals surface area contributed by atoms with Gasteiger partial charge in [0.25, 0.3) is 5.91 Å². The first kappa shape index (κ1) is 24.7. The van der Waals surface area contributed by atoms with Crippen LogP contribution in [-0.4, -0.2) is 54.0 Å². The molecule has 0 saturated carbocycles. The van der Waals surface area contributed by atoms with E-state index < -0.39 is 28.0 Å². The number of aromatic nitrogens is 2. The second-order valence-electron chi connectivity index (χ2n) is 8.71. The molecule has 37 heavy (non-hydrogen) atoms. The van der Waals surface area contributed by atoms with Gasteiger partial charge in [-0.2, -0.15) is 8.78 Å². The lowest BCUT2D eigenvalue weighted by Crippen LogP contribution is -2.61. The molecule has 8 nitrogen and oxygen atoms in total. The molecule has 2 aromatic carbocycles. The van der Waals surface area contributed by atoms with Gasteiger partial charge in [-0.25, -0.2) is 8.42 Å². The molecule has 190 valence electrons. The number of fused-ring (bicyclic) bond motifs is 1. The number of alkyl halides is 2. The molecule has 11 heteroatoms. The van der Waals surface area contributed by atoms with E-state index >= 15 is 0 Å². The zero-order valence-corrected chi connectivity index (χ0v) is 20.1. The van der Waals surface area contributed by atoms with Gasteiger partial charge in [-0.15, -0.1) is 0 Å². The largest absolute Gasteiger partial charge is 0.433 e. The van der Waals surface area contributed by atoms with Gasteiger partial charge in [0.2, 0.25) is 0 Å². The molecule has 0 bridgehead atoms. The number of carbonyl (C=O) groups excluding carboxylic acids is 1. The third kappa shape index (κ3) is 4.87. The number of β-amino-alcohol motifs (C(OH)–C–C–N with tert-alkyl or cyclic N) is 1. The Kier molecular flexibility index (Phi) is 6.34. The van der Waals surface area contributed by atoms with Gasteiger partial charge >= 0.3 is 6.61 Å². The van der Waals surface area contributed by atoms with Crippen molar-refractivity contribution in [2.24, 2.45) is 0 Å². The molecule has 0 spiro atoms. The second kappa shape index (κ2) is 9.49. The summed E-state index contributed by atoms with van der Waals surface area (Å²) in [7, 11) is -3.70. The maximum absolute atomic E-state index is 13.1. The number of rotatable bonds is 7. The number of amides is 1. The minimum absolute atomic E-state index is 0.0668. The quantitative estimate of drug-likeness (QED) is 0.393. The van der Waals surface area contributed by atoms with Crippen molar-refractivity contribution < 1.29 is 31.8 Å². The molecule has 4 aromatic rings. The molecule has 0 radical (unpaired) electrons. The van der Waals surface area contributed by atoms with Gasteiger partial charge in [0.15, 0.2) is 15.6 Å². The number of ether oxygens (including phenoxy) is 1. The molecule has 1 N–H and O–H groups in total. The van der Waals surface area contributed by atoms with E-state index in [9.17, 15) is 27.1 Å². The highest BCUT2D eigenvalue weighted by molar-refractivity contribution is 7.90. The molecule has 1 aliphatic heterocycles. The second-order valence-corrected chi connectivity index (χ2v) is 10.7. The third-order valence-corrected chi connectivity index (χ3v) is 7.82. The van der Waals surface area contributed by atoms with Crippen LogP contribution in [0.25, 0.3) is 10.9 Å². The van der Waals surface area contributed by atoms with Gasteiger partial charge in [-0.1, -0.05) is 30.3 Å². The number of hydrogen-bond acceptors (Lipinski definition) is 7. The molecule has 1 aliphatic rings. The van der Waals surface area contributed by atoms with Crippen LogP contribution in [0.3, 0.4) is 0 Å². The van der Waals surface area contributed by atoms with E-state index in [1.807, 2.05) is 0 Å². The minimum Gasteiger partial charge on any atom is -0.433 e. The summed E-state index contributed by atoms with van der Waals surface area (Å²) in [6.07, 6.45) is 2.89. The SMILES string of the molecule is O=C(c1ccc(CS(=O)(=O)c2cccc3cccnc23)cc1)N1CC(O)(c2ncccc2OC(F)F)C1. The molecule has 3 heterocycles. The molecular formula is C26H21F2N3O5S. The summed E-state index contributed by atoms with van der Waals surface area (Å²) in [5, 5.41) is 11.6. The topological polar surface area (TPSA) is 110 Å². The Bertz CT molecular complexity index is 1570. The maximum Gasteiger partial charge on any atom is 0.387 e. The summed E-state index contributed by atoms with van der Waals surface area (Å²) in [6.45, 7) is -3.40. The number of aliphatic hydroxyl groups is 1. The van der Waals surface area contributed by atoms with E-state index in [1.54, 1.807) is 42.6 Å². The van der Waals surface area contributed by atoms with Crippen molar-refractivity contribution in [1.82, 2.24) is 14.9 Å². The van der Waals surface area contributed by atoms with Gasteiger partial charge in [-0.3, -0.25) is 14.8 Å². The van der Waals surface area contributed by atoms with Crippen LogP contribution >= 0.6 is 0 Å². The lowest BCUT2D eigenvalue weighted by molar-refractivity contribution is -0.0969. The van der Waals surface area contributed by atoms with Crippen molar-refractivity contribution in [2.45, 2.75) is 22.9 Å². The lowest BCUT2D eigenvalue weighted by atomic mass is 9.88. The Morgan fingerprint density at radius 3 is 2.41 bits per heavy atom. The van der Waals surface area contributed by atoms with E-state index in [0.717, 1.165) is 5.39 Å². The van der Waals surface area contributed by atoms with E-state index in [4.69, 9.17) is 0 Å². The van der Waals surface area contributed by atoms with Crippen LogP contribution in [-0.2, 0) is 21.2 Å². The number of hydrogen-bond donors (Lipinski definition) is 1. The van der Waals surface area contributed by atoms with E-state index in [-0.39, 0.29) is 35.2 Å². The summed E-state index contributed by atoms with van der Waals surface area (Å²) in [4.78, 5) is 22.6. The molecule has 5 rings (SSSR count). The number of benzene rings is 2. The molecule has 1 amide bonds. The van der Waals surface area contributed by atoms with Gasteiger partial charge in [0, 0.05) is 23.3 Å². The number of sulfone groups is 1. The van der Waals surface area contributed by atoms with Crippen LogP contribution in [0, 0.1) is 0 Å². The standard InChI is InChI=1S/C26H21F2N3O5S/c27-25(28)36-20-6-3-13-30-23(20)26(33)15-31(16-26)24(32)19-10-8-17(9-11-19)14-37(34,35)21-7-1-4-18-5-2-12-29-22(18)21/h1-13,25,33H,14-16H2. The minimum atomic E-state index is -3.70. The number of halogens is 2. The first-order valence-corrected chi connectivity index (χ1v) is 12.9. The average molecular weight is 526 g/mol. The van der Waals surface area contributed by atoms with Crippen LogP contribution in [0.2, 0.25) is 0 Å². The smallest absolute Gasteiger partial charge is 0.387 e. The normalized spacial score (nSPS) is 15.0. The Morgan fingerprint density at radius 1 is 1.00 bits per heavy atom. The molecular weight excluding hydrogens is 504 g/mol. The third-order valence-electron chi connectivity index (χ3n) is 6.11. The van der Waals surface area contributed by atoms with Crippen molar-refractivity contribution in [3.8, 4) is 5.75 Å². The summed E-state index contributed by atoms with van der Waals surface area (Å²) >= 11 is 0. The molecule has 0 atom stereocenters. The molecule has 0 aliphatic carbocycles. The van der Waals surface area contributed by atoms with E-state index in [2.05, 4.69) is 14.7 Å². The molecule has 1 fully saturated rings. The van der Waals surface area contributed by atoms with Crippen molar-refractivity contribution in [2.75, 3.05) is 13.1 Å². The van der Waals surface area contributed by atoms with E-state index in [1.165, 1.54) is 41.4 Å². The fraction of sp³-hybridized carbons (Fsp3) is 0.192. The fourth-order valence-electron chi connectivity index (χ4n) is 4.36. The Hall–Kier alpha value is -3.96. The molecule has 0 unspecified atom stereocenters. The first-order chi connectivity index (χ1) is 17.7. The highest BCUT2D eigenvalue weighted by atomic mass is 32.2. The maximum atomic E-state index is 13.1. The summed E-state index contributed by atoms with van der Waals surface area (Å²) in [5.74, 6) is -0.920. The highest BCUT2D eigenvalue weighted by Crippen LogP contribution is 2.37. The van der Waals surface area contributed by atoms with Crippen LogP contribution in [0.15, 0.2) is 84.0 Å². The summed E-state index contributed by atoms with van der Waals surface area (Å²) in [5.41, 5.74) is -0.506. The predicted octanol–water partition coefficient (Wildman–Crippen LogP) is 3.55. The number of pyridine rings is 2. The number of carbonyl (C=O) groups is 1. The number of para-hydroxylation sites is 1. The van der Waals surface area contributed by atoms with Gasteiger partial charge in [-0.05, 0) is 42.0 Å². The molecule has 2 aromatic heterocycles. The highest BCUT2D eigenvalue weighted by Gasteiger charge is 2.48. The van der Waals surface area contributed by atoms with E-state index in [0.29, 0.717) is 16.6 Å². The Labute approximate surface area is 211 Å². The van der Waals surface area contributed by atoms with Crippen molar-refractivity contribution in [3.05, 3.63) is 95.9 Å². The van der Waals surface area contributed by atoms with Crippen molar-refractivity contribution in [1.29, 1.82) is 0 Å². The average Bonchev–Trinajstić information content (AvgIpc) is 2.86. The number of likely N-dealkylation sites (tertiary alicyclic amines) is 1. The van der Waals surface area contributed by atoms with Gasteiger partial charge in [0.1, 0.15) is 11.3 Å². The first-order valence-electron chi connectivity index (χ1n) is 11.2. The van der Waals surface area contributed by atoms with Crippen LogP contribution in [0.5, 0.6) is 5.75 Å². The van der Waals surface area contributed by atoms with Gasteiger partial charge in [0.05, 0.1) is 29.3 Å². The monoisotopic (exact) mass is 525 g/mol. The summed E-state index contributed by atoms with van der Waals surface area (Å²) < 4.78 is 56.0. The fourth-order valence-corrected chi connectivity index (χ4v) is 5.90.